The Kier molecular flexibility index (Phi) is 6.24. The van der Waals surface area contributed by atoms with Gasteiger partial charge in [0.25, 0.3) is 0 Å². The molecule has 1 unspecified atom stereocenters. The molecule has 18 heavy (non-hydrogen) atoms. The molecule has 0 aliphatic rings. The molecule has 0 aliphatic heterocycles. The SMILES string of the molecule is CCCC(CN)NS(=O)(=O)CCc1ccccn1. The highest BCUT2D eigenvalue weighted by molar-refractivity contribution is 7.89. The van der Waals surface area contributed by atoms with Gasteiger partial charge in [-0.25, -0.2) is 13.1 Å². The van der Waals surface area contributed by atoms with Crippen LogP contribution in [0.15, 0.2) is 24.4 Å². The van der Waals surface area contributed by atoms with Crippen LogP contribution in [0.1, 0.15) is 25.5 Å². The molecule has 1 aromatic rings. The molecule has 0 saturated carbocycles. The molecule has 102 valence electrons. The first-order valence-electron chi connectivity index (χ1n) is 6.17. The molecule has 0 radical (unpaired) electrons. The minimum Gasteiger partial charge on any atom is -0.329 e. The highest BCUT2D eigenvalue weighted by atomic mass is 32.2. The molecular weight excluding hydrogens is 250 g/mol. The average Bonchev–Trinajstić information content (AvgIpc) is 2.37. The lowest BCUT2D eigenvalue weighted by Gasteiger charge is -2.15. The largest absolute Gasteiger partial charge is 0.329 e. The molecule has 0 fully saturated rings. The van der Waals surface area contributed by atoms with E-state index in [1.807, 2.05) is 25.1 Å². The maximum atomic E-state index is 11.9. The zero-order valence-electron chi connectivity index (χ0n) is 10.7. The lowest BCUT2D eigenvalue weighted by atomic mass is 10.2. The van der Waals surface area contributed by atoms with Crippen LogP contribution < -0.4 is 10.5 Å². The average molecular weight is 271 g/mol. The summed E-state index contributed by atoms with van der Waals surface area (Å²) in [6.07, 6.45) is 3.75. The lowest BCUT2D eigenvalue weighted by Crippen LogP contribution is -2.41. The van der Waals surface area contributed by atoms with E-state index in [1.165, 1.54) is 0 Å². The second-order valence-corrected chi connectivity index (χ2v) is 6.10. The molecule has 0 bridgehead atoms. The Labute approximate surface area is 109 Å². The van der Waals surface area contributed by atoms with Crippen LogP contribution in [-0.2, 0) is 16.4 Å². The van der Waals surface area contributed by atoms with Gasteiger partial charge >= 0.3 is 0 Å². The summed E-state index contributed by atoms with van der Waals surface area (Å²) < 4.78 is 26.3. The van der Waals surface area contributed by atoms with Gasteiger partial charge < -0.3 is 5.73 Å². The molecule has 0 aromatic carbocycles. The van der Waals surface area contributed by atoms with E-state index in [0.29, 0.717) is 13.0 Å². The monoisotopic (exact) mass is 271 g/mol. The van der Waals surface area contributed by atoms with Crippen molar-refractivity contribution in [2.45, 2.75) is 32.2 Å². The summed E-state index contributed by atoms with van der Waals surface area (Å²) in [4.78, 5) is 4.10. The van der Waals surface area contributed by atoms with Gasteiger partial charge in [0.1, 0.15) is 0 Å². The Balaban J connectivity index is 2.49. The fraction of sp³-hybridized carbons (Fsp3) is 0.583. The summed E-state index contributed by atoms with van der Waals surface area (Å²) in [7, 11) is -3.28. The number of hydrogen-bond donors (Lipinski definition) is 2. The van der Waals surface area contributed by atoms with Gasteiger partial charge in [0, 0.05) is 30.9 Å². The molecule has 1 atom stereocenters. The van der Waals surface area contributed by atoms with Crippen molar-refractivity contribution in [3.63, 3.8) is 0 Å². The molecule has 0 spiro atoms. The molecular formula is C12H21N3O2S. The molecule has 0 aliphatic carbocycles. The van der Waals surface area contributed by atoms with Crippen molar-refractivity contribution in [2.75, 3.05) is 12.3 Å². The summed E-state index contributed by atoms with van der Waals surface area (Å²) in [5, 5.41) is 0. The first-order valence-corrected chi connectivity index (χ1v) is 7.82. The Morgan fingerprint density at radius 3 is 2.78 bits per heavy atom. The number of nitrogens with zero attached hydrogens (tertiary/aromatic N) is 1. The van der Waals surface area contributed by atoms with E-state index >= 15 is 0 Å². The maximum absolute atomic E-state index is 11.9. The topological polar surface area (TPSA) is 85.1 Å². The van der Waals surface area contributed by atoms with Gasteiger partial charge in [0.05, 0.1) is 5.75 Å². The third-order valence-electron chi connectivity index (χ3n) is 2.62. The standard InChI is InChI=1S/C12H21N3O2S/c1-2-5-12(10-13)15-18(16,17)9-7-11-6-3-4-8-14-11/h3-4,6,8,12,15H,2,5,7,9-10,13H2,1H3. The number of pyridine rings is 1. The van der Waals surface area contributed by atoms with E-state index in [1.54, 1.807) is 6.20 Å². The fourth-order valence-electron chi connectivity index (χ4n) is 1.67. The summed E-state index contributed by atoms with van der Waals surface area (Å²) in [6, 6.07) is 5.32. The van der Waals surface area contributed by atoms with Crippen LogP contribution in [0.4, 0.5) is 0 Å². The van der Waals surface area contributed by atoms with E-state index < -0.39 is 10.0 Å². The minimum absolute atomic E-state index is 0.0459. The lowest BCUT2D eigenvalue weighted by molar-refractivity contribution is 0.526. The van der Waals surface area contributed by atoms with Crippen molar-refractivity contribution in [1.82, 2.24) is 9.71 Å². The van der Waals surface area contributed by atoms with Crippen molar-refractivity contribution in [3.8, 4) is 0 Å². The highest BCUT2D eigenvalue weighted by Gasteiger charge is 2.16. The number of nitrogens with one attached hydrogen (secondary N) is 1. The molecule has 1 aromatic heterocycles. The van der Waals surface area contributed by atoms with Crippen molar-refractivity contribution in [1.29, 1.82) is 0 Å². The third kappa shape index (κ3) is 5.57. The van der Waals surface area contributed by atoms with E-state index in [-0.39, 0.29) is 11.8 Å². The van der Waals surface area contributed by atoms with Crippen LogP contribution in [-0.4, -0.2) is 31.7 Å². The second-order valence-electron chi connectivity index (χ2n) is 4.23. The normalized spacial score (nSPS) is 13.4. The fourth-order valence-corrected chi connectivity index (χ4v) is 2.99. The molecule has 5 nitrogen and oxygen atoms in total. The molecule has 6 heteroatoms. The van der Waals surface area contributed by atoms with Crippen molar-refractivity contribution >= 4 is 10.0 Å². The molecule has 0 saturated heterocycles. The van der Waals surface area contributed by atoms with Gasteiger partial charge in [-0.1, -0.05) is 19.4 Å². The van der Waals surface area contributed by atoms with Crippen LogP contribution in [0.25, 0.3) is 0 Å². The first kappa shape index (κ1) is 15.1. The second kappa shape index (κ2) is 7.45. The Morgan fingerprint density at radius 1 is 1.44 bits per heavy atom. The van der Waals surface area contributed by atoms with Crippen molar-refractivity contribution in [3.05, 3.63) is 30.1 Å². The number of rotatable bonds is 8. The van der Waals surface area contributed by atoms with Gasteiger partial charge in [-0.3, -0.25) is 4.98 Å². The van der Waals surface area contributed by atoms with Gasteiger partial charge in [0.15, 0.2) is 0 Å². The smallest absolute Gasteiger partial charge is 0.212 e. The van der Waals surface area contributed by atoms with Crippen LogP contribution in [0.5, 0.6) is 0 Å². The summed E-state index contributed by atoms with van der Waals surface area (Å²) in [5.74, 6) is 0.0459. The Bertz CT molecular complexity index is 434. The summed E-state index contributed by atoms with van der Waals surface area (Å²) in [5.41, 5.74) is 6.31. The number of sulfonamides is 1. The van der Waals surface area contributed by atoms with E-state index in [9.17, 15) is 8.42 Å². The van der Waals surface area contributed by atoms with E-state index in [4.69, 9.17) is 5.73 Å². The number of hydrogen-bond acceptors (Lipinski definition) is 4. The van der Waals surface area contributed by atoms with Crippen LogP contribution in [0, 0.1) is 0 Å². The van der Waals surface area contributed by atoms with E-state index in [2.05, 4.69) is 9.71 Å². The van der Waals surface area contributed by atoms with Crippen LogP contribution in [0.3, 0.4) is 0 Å². The predicted octanol–water partition coefficient (Wildman–Crippen LogP) is 0.671. The zero-order chi connectivity index (χ0) is 13.4. The van der Waals surface area contributed by atoms with Crippen molar-refractivity contribution < 1.29 is 8.42 Å². The van der Waals surface area contributed by atoms with Crippen molar-refractivity contribution in [2.24, 2.45) is 5.73 Å². The van der Waals surface area contributed by atoms with Gasteiger partial charge in [-0.15, -0.1) is 0 Å². The van der Waals surface area contributed by atoms with E-state index in [0.717, 1.165) is 18.5 Å². The maximum Gasteiger partial charge on any atom is 0.212 e. The van der Waals surface area contributed by atoms with Gasteiger partial charge in [-0.2, -0.15) is 0 Å². The minimum atomic E-state index is -3.28. The quantitative estimate of drug-likeness (QED) is 0.728. The zero-order valence-corrected chi connectivity index (χ0v) is 11.5. The van der Waals surface area contributed by atoms with Crippen LogP contribution >= 0.6 is 0 Å². The van der Waals surface area contributed by atoms with Gasteiger partial charge in [0.2, 0.25) is 10.0 Å². The van der Waals surface area contributed by atoms with Gasteiger partial charge in [-0.05, 0) is 18.6 Å². The number of nitrogens with two attached hydrogens (primary N) is 1. The summed E-state index contributed by atoms with van der Waals surface area (Å²) >= 11 is 0. The Hall–Kier alpha value is -0.980. The molecule has 1 rings (SSSR count). The highest BCUT2D eigenvalue weighted by Crippen LogP contribution is 2.01. The molecule has 1 heterocycles. The molecule has 3 N–H and O–H groups in total. The molecule has 0 amide bonds. The van der Waals surface area contributed by atoms with Crippen LogP contribution in [0.2, 0.25) is 0 Å². The third-order valence-corrected chi connectivity index (χ3v) is 4.05. The number of aryl methyl sites for hydroxylation is 1. The number of aromatic nitrogens is 1. The Morgan fingerprint density at radius 2 is 2.22 bits per heavy atom. The first-order chi connectivity index (χ1) is 8.57. The summed E-state index contributed by atoms with van der Waals surface area (Å²) in [6.45, 7) is 2.33. The predicted molar refractivity (Wildman–Crippen MR) is 72.6 cm³/mol.